The van der Waals surface area contributed by atoms with Crippen LogP contribution in [0.1, 0.15) is 16.9 Å². The van der Waals surface area contributed by atoms with Gasteiger partial charge in [-0.3, -0.25) is 4.79 Å². The number of H-pyrrole nitrogens is 1. The van der Waals surface area contributed by atoms with E-state index < -0.39 is 0 Å². The number of aliphatic hydroxyl groups excluding tert-OH is 1. The fourth-order valence-electron chi connectivity index (χ4n) is 1.60. The van der Waals surface area contributed by atoms with Crippen LogP contribution >= 0.6 is 15.9 Å². The van der Waals surface area contributed by atoms with Gasteiger partial charge in [-0.15, -0.1) is 0 Å². The van der Waals surface area contributed by atoms with Crippen LogP contribution in [0.25, 0.3) is 10.9 Å². The Morgan fingerprint density at radius 3 is 3.00 bits per heavy atom. The van der Waals surface area contributed by atoms with Crippen molar-refractivity contribution in [2.24, 2.45) is 0 Å². The number of nitrogens with one attached hydrogen (secondary N) is 2. The molecule has 1 aromatic heterocycles. The van der Waals surface area contributed by atoms with Gasteiger partial charge in [-0.05, 0) is 24.6 Å². The first-order chi connectivity index (χ1) is 8.20. The Kier molecular flexibility index (Phi) is 3.81. The average Bonchev–Trinajstić information content (AvgIpc) is 2.72. The molecule has 2 aromatic rings. The van der Waals surface area contributed by atoms with Crippen molar-refractivity contribution < 1.29 is 9.90 Å². The molecule has 90 valence electrons. The maximum absolute atomic E-state index is 11.7. The Morgan fingerprint density at radius 2 is 2.24 bits per heavy atom. The molecule has 0 fully saturated rings. The standard InChI is InChI=1S/C12H13BrN2O2/c13-9-3-2-8-6-11(15-10(8)7-9)12(17)14-4-1-5-16/h2-3,6-7,15-16H,1,4-5H2,(H,14,17). The number of aliphatic hydroxyl groups is 1. The summed E-state index contributed by atoms with van der Waals surface area (Å²) in [4.78, 5) is 14.8. The van der Waals surface area contributed by atoms with Crippen molar-refractivity contribution in [3.63, 3.8) is 0 Å². The van der Waals surface area contributed by atoms with Gasteiger partial charge in [0, 0.05) is 28.5 Å². The van der Waals surface area contributed by atoms with Crippen molar-refractivity contribution in [3.8, 4) is 0 Å². The highest BCUT2D eigenvalue weighted by Gasteiger charge is 2.08. The summed E-state index contributed by atoms with van der Waals surface area (Å²) in [7, 11) is 0. The molecule has 0 spiro atoms. The maximum Gasteiger partial charge on any atom is 0.267 e. The number of amides is 1. The van der Waals surface area contributed by atoms with Gasteiger partial charge in [0.05, 0.1) is 0 Å². The topological polar surface area (TPSA) is 65.1 Å². The van der Waals surface area contributed by atoms with Crippen LogP contribution in [0.5, 0.6) is 0 Å². The summed E-state index contributed by atoms with van der Waals surface area (Å²) in [6.45, 7) is 0.564. The van der Waals surface area contributed by atoms with E-state index in [1.54, 1.807) is 0 Å². The number of hydrogen-bond acceptors (Lipinski definition) is 2. The lowest BCUT2D eigenvalue weighted by Gasteiger charge is -2.00. The summed E-state index contributed by atoms with van der Waals surface area (Å²) in [6.07, 6.45) is 0.567. The van der Waals surface area contributed by atoms with Gasteiger partial charge in [0.25, 0.3) is 5.91 Å². The van der Waals surface area contributed by atoms with Crippen molar-refractivity contribution >= 4 is 32.7 Å². The van der Waals surface area contributed by atoms with Crippen LogP contribution in [0, 0.1) is 0 Å². The predicted molar refractivity (Wildman–Crippen MR) is 70.0 cm³/mol. The van der Waals surface area contributed by atoms with E-state index in [9.17, 15) is 4.79 Å². The summed E-state index contributed by atoms with van der Waals surface area (Å²) < 4.78 is 0.971. The Bertz CT molecular complexity index is 536. The number of fused-ring (bicyclic) bond motifs is 1. The second-order valence-corrected chi connectivity index (χ2v) is 4.66. The molecular formula is C12H13BrN2O2. The van der Waals surface area contributed by atoms with E-state index in [-0.39, 0.29) is 12.5 Å². The number of halogens is 1. The summed E-state index contributed by atoms with van der Waals surface area (Å²) in [5, 5.41) is 12.4. The van der Waals surface area contributed by atoms with Gasteiger partial charge < -0.3 is 15.4 Å². The highest BCUT2D eigenvalue weighted by atomic mass is 79.9. The molecule has 17 heavy (non-hydrogen) atoms. The van der Waals surface area contributed by atoms with Gasteiger partial charge in [0.2, 0.25) is 0 Å². The lowest BCUT2D eigenvalue weighted by atomic mass is 10.2. The number of hydrogen-bond donors (Lipinski definition) is 3. The normalized spacial score (nSPS) is 10.7. The molecular weight excluding hydrogens is 284 g/mol. The smallest absolute Gasteiger partial charge is 0.267 e. The van der Waals surface area contributed by atoms with E-state index in [2.05, 4.69) is 26.2 Å². The van der Waals surface area contributed by atoms with Crippen LogP contribution in [-0.4, -0.2) is 29.1 Å². The molecule has 1 amide bonds. The average molecular weight is 297 g/mol. The third-order valence-electron chi connectivity index (χ3n) is 2.45. The van der Waals surface area contributed by atoms with Crippen LogP contribution in [0.2, 0.25) is 0 Å². The van der Waals surface area contributed by atoms with Crippen LogP contribution in [0.3, 0.4) is 0 Å². The predicted octanol–water partition coefficient (Wildman–Crippen LogP) is 2.04. The number of carbonyl (C=O) groups excluding carboxylic acids is 1. The monoisotopic (exact) mass is 296 g/mol. The summed E-state index contributed by atoms with van der Waals surface area (Å²) >= 11 is 3.38. The molecule has 0 saturated carbocycles. The molecule has 0 unspecified atom stereocenters. The van der Waals surface area contributed by atoms with E-state index in [1.165, 1.54) is 0 Å². The van der Waals surface area contributed by atoms with Crippen LogP contribution < -0.4 is 5.32 Å². The molecule has 0 atom stereocenters. The van der Waals surface area contributed by atoms with Crippen molar-refractivity contribution in [1.82, 2.24) is 10.3 Å². The van der Waals surface area contributed by atoms with Crippen LogP contribution in [0.15, 0.2) is 28.7 Å². The Morgan fingerprint density at radius 1 is 1.41 bits per heavy atom. The van der Waals surface area contributed by atoms with Gasteiger partial charge in [-0.25, -0.2) is 0 Å². The molecule has 1 aromatic carbocycles. The van der Waals surface area contributed by atoms with Crippen LogP contribution in [-0.2, 0) is 0 Å². The van der Waals surface area contributed by atoms with E-state index in [0.29, 0.717) is 18.7 Å². The van der Waals surface area contributed by atoms with E-state index in [1.807, 2.05) is 24.3 Å². The largest absolute Gasteiger partial charge is 0.396 e. The van der Waals surface area contributed by atoms with Gasteiger partial charge >= 0.3 is 0 Å². The fraction of sp³-hybridized carbons (Fsp3) is 0.250. The summed E-state index contributed by atoms with van der Waals surface area (Å²) in [5.74, 6) is -0.147. The second-order valence-electron chi connectivity index (χ2n) is 3.75. The molecule has 5 heteroatoms. The molecule has 0 aliphatic heterocycles. The van der Waals surface area contributed by atoms with Gasteiger partial charge in [-0.2, -0.15) is 0 Å². The number of carbonyl (C=O) groups is 1. The molecule has 1 heterocycles. The maximum atomic E-state index is 11.7. The zero-order chi connectivity index (χ0) is 12.3. The van der Waals surface area contributed by atoms with Gasteiger partial charge in [0.1, 0.15) is 5.69 Å². The summed E-state index contributed by atoms with van der Waals surface area (Å²) in [5.41, 5.74) is 1.46. The van der Waals surface area contributed by atoms with Crippen molar-refractivity contribution in [2.75, 3.05) is 13.2 Å². The highest BCUT2D eigenvalue weighted by molar-refractivity contribution is 9.10. The molecule has 0 aliphatic rings. The first-order valence-electron chi connectivity index (χ1n) is 5.38. The number of rotatable bonds is 4. The number of benzene rings is 1. The lowest BCUT2D eigenvalue weighted by Crippen LogP contribution is -2.25. The van der Waals surface area contributed by atoms with Gasteiger partial charge in [0.15, 0.2) is 0 Å². The zero-order valence-electron chi connectivity index (χ0n) is 9.16. The van der Waals surface area contributed by atoms with Crippen LogP contribution in [0.4, 0.5) is 0 Å². The molecule has 0 radical (unpaired) electrons. The summed E-state index contributed by atoms with van der Waals surface area (Å²) in [6, 6.07) is 7.62. The van der Waals surface area contributed by atoms with E-state index >= 15 is 0 Å². The quantitative estimate of drug-likeness (QED) is 0.756. The third kappa shape index (κ3) is 2.87. The van der Waals surface area contributed by atoms with Crippen molar-refractivity contribution in [3.05, 3.63) is 34.4 Å². The zero-order valence-corrected chi connectivity index (χ0v) is 10.8. The minimum Gasteiger partial charge on any atom is -0.396 e. The molecule has 3 N–H and O–H groups in total. The Hall–Kier alpha value is -1.33. The molecule has 0 saturated heterocycles. The minimum atomic E-state index is -0.147. The SMILES string of the molecule is O=C(NCCCO)c1cc2ccc(Br)cc2[nH]1. The Labute approximate surface area is 107 Å². The molecule has 2 rings (SSSR count). The number of aromatic amines is 1. The fourth-order valence-corrected chi connectivity index (χ4v) is 1.96. The highest BCUT2D eigenvalue weighted by Crippen LogP contribution is 2.20. The number of aromatic nitrogens is 1. The van der Waals surface area contributed by atoms with Gasteiger partial charge in [-0.1, -0.05) is 22.0 Å². The minimum absolute atomic E-state index is 0.0833. The van der Waals surface area contributed by atoms with E-state index in [4.69, 9.17) is 5.11 Å². The third-order valence-corrected chi connectivity index (χ3v) is 2.94. The van der Waals surface area contributed by atoms with E-state index in [0.717, 1.165) is 15.4 Å². The molecule has 0 aliphatic carbocycles. The Balaban J connectivity index is 2.15. The van der Waals surface area contributed by atoms with Crippen molar-refractivity contribution in [2.45, 2.75) is 6.42 Å². The molecule has 0 bridgehead atoms. The van der Waals surface area contributed by atoms with Crippen molar-refractivity contribution in [1.29, 1.82) is 0 Å². The first-order valence-corrected chi connectivity index (χ1v) is 6.17. The first kappa shape index (κ1) is 12.1. The second kappa shape index (κ2) is 5.33. The molecule has 4 nitrogen and oxygen atoms in total. The lowest BCUT2D eigenvalue weighted by molar-refractivity contribution is 0.0947.